The SMILES string of the molecule is NNc1cc(Oc2cc([N+](=O)[O-])ccc2Cl)ncn1. The van der Waals surface area contributed by atoms with Crippen LogP contribution in [0.5, 0.6) is 11.6 Å². The molecular formula is C10H8ClN5O3. The molecule has 3 N–H and O–H groups in total. The summed E-state index contributed by atoms with van der Waals surface area (Å²) >= 11 is 5.89. The van der Waals surface area contributed by atoms with Crippen molar-refractivity contribution in [1.82, 2.24) is 9.97 Å². The van der Waals surface area contributed by atoms with E-state index in [0.29, 0.717) is 5.82 Å². The number of nitrogen functional groups attached to an aromatic ring is 1. The summed E-state index contributed by atoms with van der Waals surface area (Å²) in [5, 5.41) is 10.9. The number of halogens is 1. The number of nitrogens with zero attached hydrogens (tertiary/aromatic N) is 3. The minimum Gasteiger partial charge on any atom is -0.437 e. The normalized spacial score (nSPS) is 10.0. The highest BCUT2D eigenvalue weighted by Gasteiger charge is 2.12. The van der Waals surface area contributed by atoms with Gasteiger partial charge in [0.25, 0.3) is 5.69 Å². The fourth-order valence-corrected chi connectivity index (χ4v) is 1.43. The highest BCUT2D eigenvalue weighted by molar-refractivity contribution is 6.32. The number of hydrogen-bond donors (Lipinski definition) is 2. The molecule has 0 bridgehead atoms. The van der Waals surface area contributed by atoms with Gasteiger partial charge in [-0.2, -0.15) is 0 Å². The molecule has 1 aromatic carbocycles. The van der Waals surface area contributed by atoms with E-state index in [4.69, 9.17) is 22.2 Å². The van der Waals surface area contributed by atoms with Gasteiger partial charge in [0.1, 0.15) is 12.1 Å². The molecular weight excluding hydrogens is 274 g/mol. The predicted molar refractivity (Wildman–Crippen MR) is 68.0 cm³/mol. The molecule has 0 amide bonds. The van der Waals surface area contributed by atoms with Crippen LogP contribution in [0.3, 0.4) is 0 Å². The number of nitro benzene ring substituents is 1. The number of aromatic nitrogens is 2. The number of hydrazine groups is 1. The van der Waals surface area contributed by atoms with Crippen LogP contribution in [0.2, 0.25) is 5.02 Å². The number of hydrogen-bond acceptors (Lipinski definition) is 7. The van der Waals surface area contributed by atoms with Crippen LogP contribution < -0.4 is 16.0 Å². The first-order chi connectivity index (χ1) is 9.10. The molecule has 0 spiro atoms. The number of ether oxygens (including phenoxy) is 1. The third-order valence-electron chi connectivity index (χ3n) is 2.13. The van der Waals surface area contributed by atoms with Crippen LogP contribution in [0, 0.1) is 10.1 Å². The first kappa shape index (κ1) is 13.0. The zero-order valence-corrected chi connectivity index (χ0v) is 10.2. The monoisotopic (exact) mass is 281 g/mol. The Morgan fingerprint density at radius 1 is 1.37 bits per heavy atom. The first-order valence-electron chi connectivity index (χ1n) is 5.00. The number of rotatable bonds is 4. The number of benzene rings is 1. The van der Waals surface area contributed by atoms with E-state index < -0.39 is 4.92 Å². The van der Waals surface area contributed by atoms with Gasteiger partial charge in [-0.3, -0.25) is 10.1 Å². The van der Waals surface area contributed by atoms with Gasteiger partial charge in [-0.05, 0) is 6.07 Å². The summed E-state index contributed by atoms with van der Waals surface area (Å²) in [7, 11) is 0. The van der Waals surface area contributed by atoms with Crippen molar-refractivity contribution in [2.75, 3.05) is 5.43 Å². The van der Waals surface area contributed by atoms with Crippen molar-refractivity contribution in [2.24, 2.45) is 5.84 Å². The van der Waals surface area contributed by atoms with Crippen molar-refractivity contribution in [3.8, 4) is 11.6 Å². The van der Waals surface area contributed by atoms with Crippen molar-refractivity contribution in [3.63, 3.8) is 0 Å². The lowest BCUT2D eigenvalue weighted by Gasteiger charge is -2.07. The third-order valence-corrected chi connectivity index (χ3v) is 2.44. The van der Waals surface area contributed by atoms with Gasteiger partial charge in [-0.1, -0.05) is 11.6 Å². The summed E-state index contributed by atoms with van der Waals surface area (Å²) < 4.78 is 5.36. The van der Waals surface area contributed by atoms with Crippen LogP contribution in [0.4, 0.5) is 11.5 Å². The molecule has 2 aromatic rings. The van der Waals surface area contributed by atoms with Gasteiger partial charge in [-0.25, -0.2) is 15.8 Å². The van der Waals surface area contributed by atoms with Gasteiger partial charge >= 0.3 is 0 Å². The molecule has 0 fully saturated rings. The first-order valence-corrected chi connectivity index (χ1v) is 5.38. The molecule has 0 aliphatic heterocycles. The Hall–Kier alpha value is -2.45. The van der Waals surface area contributed by atoms with Crippen molar-refractivity contribution < 1.29 is 9.66 Å². The minimum atomic E-state index is -0.546. The van der Waals surface area contributed by atoms with Crippen LogP contribution in [-0.2, 0) is 0 Å². The number of non-ortho nitro benzene ring substituents is 1. The van der Waals surface area contributed by atoms with E-state index in [-0.39, 0.29) is 22.3 Å². The van der Waals surface area contributed by atoms with Crippen molar-refractivity contribution in [2.45, 2.75) is 0 Å². The molecule has 1 heterocycles. The van der Waals surface area contributed by atoms with Gasteiger partial charge in [0.2, 0.25) is 5.88 Å². The summed E-state index contributed by atoms with van der Waals surface area (Å²) in [6, 6.07) is 5.29. The van der Waals surface area contributed by atoms with E-state index in [9.17, 15) is 10.1 Å². The maximum Gasteiger partial charge on any atom is 0.273 e. The average molecular weight is 282 g/mol. The molecule has 19 heavy (non-hydrogen) atoms. The van der Waals surface area contributed by atoms with Gasteiger partial charge < -0.3 is 10.2 Å². The van der Waals surface area contributed by atoms with Gasteiger partial charge in [0, 0.05) is 12.1 Å². The van der Waals surface area contributed by atoms with Crippen molar-refractivity contribution in [3.05, 3.63) is 45.7 Å². The Morgan fingerprint density at radius 2 is 2.16 bits per heavy atom. The van der Waals surface area contributed by atoms with Gasteiger partial charge in [0.05, 0.1) is 16.0 Å². The van der Waals surface area contributed by atoms with E-state index in [2.05, 4.69) is 15.4 Å². The zero-order chi connectivity index (χ0) is 13.8. The van der Waals surface area contributed by atoms with Gasteiger partial charge in [0.15, 0.2) is 5.75 Å². The second-order valence-corrected chi connectivity index (χ2v) is 3.77. The van der Waals surface area contributed by atoms with Crippen LogP contribution in [0.25, 0.3) is 0 Å². The van der Waals surface area contributed by atoms with E-state index >= 15 is 0 Å². The largest absolute Gasteiger partial charge is 0.437 e. The number of nitrogens with one attached hydrogen (secondary N) is 1. The average Bonchev–Trinajstić information content (AvgIpc) is 2.41. The summed E-state index contributed by atoms with van der Waals surface area (Å²) in [5.41, 5.74) is 2.19. The highest BCUT2D eigenvalue weighted by atomic mass is 35.5. The lowest BCUT2D eigenvalue weighted by Crippen LogP contribution is -2.08. The summed E-state index contributed by atoms with van der Waals surface area (Å²) in [5.74, 6) is 5.81. The van der Waals surface area contributed by atoms with E-state index in [1.165, 1.54) is 30.6 Å². The van der Waals surface area contributed by atoms with Crippen LogP contribution in [-0.4, -0.2) is 14.9 Å². The predicted octanol–water partition coefficient (Wildman–Crippen LogP) is 2.12. The maximum atomic E-state index is 10.7. The van der Waals surface area contributed by atoms with E-state index in [1.807, 2.05) is 0 Å². The second kappa shape index (κ2) is 5.46. The smallest absolute Gasteiger partial charge is 0.273 e. The molecule has 0 radical (unpaired) electrons. The number of nitrogens with two attached hydrogens (primary N) is 1. The molecule has 0 atom stereocenters. The lowest BCUT2D eigenvalue weighted by atomic mass is 10.3. The van der Waals surface area contributed by atoms with Crippen LogP contribution in [0.1, 0.15) is 0 Å². The molecule has 0 unspecified atom stereocenters. The molecule has 9 heteroatoms. The molecule has 0 aliphatic rings. The van der Waals surface area contributed by atoms with Crippen LogP contribution in [0.15, 0.2) is 30.6 Å². The zero-order valence-electron chi connectivity index (χ0n) is 9.41. The Bertz CT molecular complexity index is 622. The Labute approximate surface area is 112 Å². The van der Waals surface area contributed by atoms with Crippen LogP contribution >= 0.6 is 11.6 Å². The molecule has 98 valence electrons. The van der Waals surface area contributed by atoms with Gasteiger partial charge in [-0.15, -0.1) is 0 Å². The minimum absolute atomic E-state index is 0.123. The number of nitro groups is 1. The summed E-state index contributed by atoms with van der Waals surface area (Å²) in [6.07, 6.45) is 1.23. The number of anilines is 1. The quantitative estimate of drug-likeness (QED) is 0.501. The molecule has 0 saturated carbocycles. The fourth-order valence-electron chi connectivity index (χ4n) is 1.27. The molecule has 2 rings (SSSR count). The molecule has 1 aromatic heterocycles. The fraction of sp³-hybridized carbons (Fsp3) is 0. The standard InChI is InChI=1S/C10H8ClN5O3/c11-7-2-1-6(16(17)18)3-8(7)19-10-4-9(15-12)13-5-14-10/h1-5H,12H2,(H,13,14,15). The highest BCUT2D eigenvalue weighted by Crippen LogP contribution is 2.32. The lowest BCUT2D eigenvalue weighted by molar-refractivity contribution is -0.384. The Morgan fingerprint density at radius 3 is 2.84 bits per heavy atom. The van der Waals surface area contributed by atoms with Crippen molar-refractivity contribution >= 4 is 23.1 Å². The topological polar surface area (TPSA) is 116 Å². The second-order valence-electron chi connectivity index (χ2n) is 3.36. The van der Waals surface area contributed by atoms with E-state index in [1.54, 1.807) is 0 Å². The Balaban J connectivity index is 2.31. The third kappa shape index (κ3) is 3.06. The van der Waals surface area contributed by atoms with E-state index in [0.717, 1.165) is 0 Å². The molecule has 8 nitrogen and oxygen atoms in total. The van der Waals surface area contributed by atoms with Crippen molar-refractivity contribution in [1.29, 1.82) is 0 Å². The Kier molecular flexibility index (Phi) is 3.74. The maximum absolute atomic E-state index is 10.7. The summed E-state index contributed by atoms with van der Waals surface area (Å²) in [6.45, 7) is 0. The molecule has 0 aliphatic carbocycles. The molecule has 0 saturated heterocycles. The summed E-state index contributed by atoms with van der Waals surface area (Å²) in [4.78, 5) is 17.8.